The molecule has 0 aliphatic rings. The Morgan fingerprint density at radius 1 is 1.10 bits per heavy atom. The van der Waals surface area contributed by atoms with E-state index in [-0.39, 0.29) is 0 Å². The highest BCUT2D eigenvalue weighted by molar-refractivity contribution is 6.35. The van der Waals surface area contributed by atoms with E-state index in [4.69, 9.17) is 20.9 Å². The highest BCUT2D eigenvalue weighted by Gasteiger charge is 2.11. The summed E-state index contributed by atoms with van der Waals surface area (Å²) in [4.78, 5) is 0. The molecule has 0 unspecified atom stereocenters. The van der Waals surface area contributed by atoms with Gasteiger partial charge in [-0.25, -0.2) is 0 Å². The van der Waals surface area contributed by atoms with Gasteiger partial charge >= 0.3 is 0 Å². The van der Waals surface area contributed by atoms with E-state index in [1.54, 1.807) is 0 Å². The van der Waals surface area contributed by atoms with Gasteiger partial charge in [-0.15, -0.1) is 0 Å². The van der Waals surface area contributed by atoms with E-state index in [1.165, 1.54) is 0 Å². The van der Waals surface area contributed by atoms with Crippen LogP contribution < -0.4 is 4.74 Å². The number of rotatable bonds is 3. The van der Waals surface area contributed by atoms with E-state index in [0.29, 0.717) is 6.61 Å². The molecule has 0 aliphatic heterocycles. The minimum atomic E-state index is 0.437. The average Bonchev–Trinajstić information content (AvgIpc) is 2.78. The molecule has 0 saturated heterocycles. The van der Waals surface area contributed by atoms with Crippen LogP contribution >= 0.6 is 11.6 Å². The molecule has 3 rings (SSSR count). The van der Waals surface area contributed by atoms with Crippen molar-refractivity contribution in [1.82, 2.24) is 5.16 Å². The molecule has 0 aliphatic carbocycles. The van der Waals surface area contributed by atoms with Gasteiger partial charge in [0.2, 0.25) is 0 Å². The summed E-state index contributed by atoms with van der Waals surface area (Å²) in [7, 11) is 0. The van der Waals surface area contributed by atoms with E-state index >= 15 is 0 Å². The highest BCUT2D eigenvalue weighted by Crippen LogP contribution is 2.32. The second-order valence-electron chi connectivity index (χ2n) is 4.68. The van der Waals surface area contributed by atoms with E-state index in [1.807, 2.05) is 50.2 Å². The lowest BCUT2D eigenvalue weighted by Gasteiger charge is -2.10. The Balaban J connectivity index is 1.94. The topological polar surface area (TPSA) is 35.3 Å². The number of fused-ring (bicyclic) bond motifs is 1. The van der Waals surface area contributed by atoms with Gasteiger partial charge in [-0.2, -0.15) is 0 Å². The lowest BCUT2D eigenvalue weighted by atomic mass is 10.1. The highest BCUT2D eigenvalue weighted by atomic mass is 35.5. The van der Waals surface area contributed by atoms with Crippen molar-refractivity contribution in [3.8, 4) is 5.75 Å². The Labute approximate surface area is 122 Å². The van der Waals surface area contributed by atoms with Gasteiger partial charge in [0, 0.05) is 15.8 Å². The van der Waals surface area contributed by atoms with Gasteiger partial charge in [0.05, 0.1) is 11.3 Å². The SMILES string of the molecule is Cc1noc(C)c1COc1ccc(Cl)c2ccccc12. The molecule has 4 heteroatoms. The van der Waals surface area contributed by atoms with Crippen molar-refractivity contribution in [1.29, 1.82) is 0 Å². The maximum Gasteiger partial charge on any atom is 0.140 e. The van der Waals surface area contributed by atoms with Crippen molar-refractivity contribution in [3.05, 3.63) is 58.4 Å². The molecule has 2 aromatic carbocycles. The summed E-state index contributed by atoms with van der Waals surface area (Å²) in [5, 5.41) is 6.65. The fourth-order valence-corrected chi connectivity index (χ4v) is 2.45. The lowest BCUT2D eigenvalue weighted by Crippen LogP contribution is -1.98. The van der Waals surface area contributed by atoms with Crippen LogP contribution in [0.25, 0.3) is 10.8 Å². The largest absolute Gasteiger partial charge is 0.488 e. The molecule has 0 spiro atoms. The number of hydrogen-bond acceptors (Lipinski definition) is 3. The fraction of sp³-hybridized carbons (Fsp3) is 0.188. The lowest BCUT2D eigenvalue weighted by molar-refractivity contribution is 0.305. The molecule has 1 aromatic heterocycles. The van der Waals surface area contributed by atoms with Gasteiger partial charge in [0.25, 0.3) is 0 Å². The molecule has 3 nitrogen and oxygen atoms in total. The molecule has 0 radical (unpaired) electrons. The third kappa shape index (κ3) is 2.25. The van der Waals surface area contributed by atoms with Crippen molar-refractivity contribution >= 4 is 22.4 Å². The number of halogens is 1. The van der Waals surface area contributed by atoms with Crippen molar-refractivity contribution in [2.45, 2.75) is 20.5 Å². The molecule has 0 N–H and O–H groups in total. The first-order valence-corrected chi connectivity index (χ1v) is 6.76. The summed E-state index contributed by atoms with van der Waals surface area (Å²) < 4.78 is 11.1. The van der Waals surface area contributed by atoms with E-state index < -0.39 is 0 Å². The molecular formula is C16H14ClNO2. The van der Waals surface area contributed by atoms with Crippen molar-refractivity contribution in [3.63, 3.8) is 0 Å². The van der Waals surface area contributed by atoms with Crippen LogP contribution in [0.3, 0.4) is 0 Å². The molecular weight excluding hydrogens is 274 g/mol. The number of hydrogen-bond donors (Lipinski definition) is 0. The van der Waals surface area contributed by atoms with Crippen LogP contribution in [0, 0.1) is 13.8 Å². The van der Waals surface area contributed by atoms with Gasteiger partial charge < -0.3 is 9.26 Å². The van der Waals surface area contributed by atoms with Crippen molar-refractivity contribution < 1.29 is 9.26 Å². The summed E-state index contributed by atoms with van der Waals surface area (Å²) in [5.41, 5.74) is 1.85. The molecule has 3 aromatic rings. The zero-order valence-corrected chi connectivity index (χ0v) is 12.1. The third-order valence-electron chi connectivity index (χ3n) is 3.38. The minimum Gasteiger partial charge on any atom is -0.488 e. The number of benzene rings is 2. The van der Waals surface area contributed by atoms with Gasteiger partial charge in [0.15, 0.2) is 0 Å². The molecule has 0 atom stereocenters. The van der Waals surface area contributed by atoms with Crippen LogP contribution in [0.15, 0.2) is 40.9 Å². The zero-order valence-electron chi connectivity index (χ0n) is 11.3. The Morgan fingerprint density at radius 3 is 2.55 bits per heavy atom. The molecule has 0 fully saturated rings. The monoisotopic (exact) mass is 287 g/mol. The number of aromatic nitrogens is 1. The van der Waals surface area contributed by atoms with E-state index in [2.05, 4.69) is 5.16 Å². The molecule has 1 heterocycles. The second kappa shape index (κ2) is 5.17. The molecule has 0 bridgehead atoms. The van der Waals surface area contributed by atoms with Crippen LogP contribution in [-0.2, 0) is 6.61 Å². The summed E-state index contributed by atoms with van der Waals surface area (Å²) in [6.07, 6.45) is 0. The first-order chi connectivity index (χ1) is 9.66. The molecule has 102 valence electrons. The Kier molecular flexibility index (Phi) is 3.36. The first-order valence-electron chi connectivity index (χ1n) is 6.38. The standard InChI is InChI=1S/C16H14ClNO2/c1-10-14(11(2)20-18-10)9-19-16-8-7-15(17)12-5-3-4-6-13(12)16/h3-8H,9H2,1-2H3. The van der Waals surface area contributed by atoms with Gasteiger partial charge in [-0.05, 0) is 26.0 Å². The van der Waals surface area contributed by atoms with Crippen molar-refractivity contribution in [2.75, 3.05) is 0 Å². The number of aryl methyl sites for hydroxylation is 2. The van der Waals surface area contributed by atoms with E-state index in [9.17, 15) is 0 Å². The van der Waals surface area contributed by atoms with Gasteiger partial charge in [0.1, 0.15) is 18.1 Å². The Bertz CT molecular complexity index is 745. The Morgan fingerprint density at radius 2 is 1.85 bits per heavy atom. The average molecular weight is 288 g/mol. The van der Waals surface area contributed by atoms with Crippen molar-refractivity contribution in [2.24, 2.45) is 0 Å². The minimum absolute atomic E-state index is 0.437. The predicted molar refractivity (Wildman–Crippen MR) is 79.3 cm³/mol. The maximum atomic E-state index is 6.20. The summed E-state index contributed by atoms with van der Waals surface area (Å²) in [6.45, 7) is 4.24. The normalized spacial score (nSPS) is 10.9. The fourth-order valence-electron chi connectivity index (χ4n) is 2.22. The van der Waals surface area contributed by atoms with Crippen LogP contribution in [0.2, 0.25) is 5.02 Å². The first kappa shape index (κ1) is 13.0. The quantitative estimate of drug-likeness (QED) is 0.702. The van der Waals surface area contributed by atoms with Gasteiger partial charge in [-0.1, -0.05) is 41.0 Å². The van der Waals surface area contributed by atoms with Crippen LogP contribution in [0.1, 0.15) is 17.0 Å². The maximum absolute atomic E-state index is 6.20. The Hall–Kier alpha value is -2.00. The smallest absolute Gasteiger partial charge is 0.140 e. The molecule has 20 heavy (non-hydrogen) atoms. The van der Waals surface area contributed by atoms with E-state index in [0.717, 1.165) is 38.6 Å². The summed E-state index contributed by atoms with van der Waals surface area (Å²) in [6, 6.07) is 11.7. The number of nitrogens with zero attached hydrogens (tertiary/aromatic N) is 1. The second-order valence-corrected chi connectivity index (χ2v) is 5.09. The molecule has 0 amide bonds. The van der Waals surface area contributed by atoms with Crippen LogP contribution in [0.5, 0.6) is 5.75 Å². The summed E-state index contributed by atoms with van der Waals surface area (Å²) in [5.74, 6) is 1.60. The summed E-state index contributed by atoms with van der Waals surface area (Å²) >= 11 is 6.20. The van der Waals surface area contributed by atoms with Gasteiger partial charge in [-0.3, -0.25) is 0 Å². The molecule has 0 saturated carbocycles. The third-order valence-corrected chi connectivity index (χ3v) is 3.71. The zero-order chi connectivity index (χ0) is 14.1. The number of ether oxygens (including phenoxy) is 1. The van der Waals surface area contributed by atoms with Crippen LogP contribution in [-0.4, -0.2) is 5.16 Å². The van der Waals surface area contributed by atoms with Crippen LogP contribution in [0.4, 0.5) is 0 Å². The predicted octanol–water partition coefficient (Wildman–Crippen LogP) is 4.68.